The number of piperidine rings is 2. The molecular formula is C23H33N3O4. The molecule has 7 heteroatoms. The minimum absolute atomic E-state index is 0.0484. The van der Waals surface area contributed by atoms with E-state index in [1.165, 1.54) is 5.56 Å². The standard InChI is InChI=1S/C23H33N3O4/c1-18-4-7-20(8-5-18)24-22(28)26-12-2-3-19(17-26)6-9-21(27)25-13-10-23(11-14-25)29-15-16-30-23/h4-5,7-8,19H,2-3,6,9-17H2,1H3,(H,24,28). The molecule has 1 unspecified atom stereocenters. The van der Waals surface area contributed by atoms with Gasteiger partial charge in [0.25, 0.3) is 0 Å². The summed E-state index contributed by atoms with van der Waals surface area (Å²) in [4.78, 5) is 29.1. The van der Waals surface area contributed by atoms with Crippen molar-refractivity contribution in [2.75, 3.05) is 44.7 Å². The zero-order valence-corrected chi connectivity index (χ0v) is 17.9. The number of nitrogens with zero attached hydrogens (tertiary/aromatic N) is 2. The highest BCUT2D eigenvalue weighted by molar-refractivity contribution is 5.89. The van der Waals surface area contributed by atoms with Crippen molar-refractivity contribution in [3.8, 4) is 0 Å². The van der Waals surface area contributed by atoms with Crippen LogP contribution in [0.2, 0.25) is 0 Å². The Morgan fingerprint density at radius 1 is 1.07 bits per heavy atom. The number of carbonyl (C=O) groups excluding carboxylic acids is 2. The second-order valence-electron chi connectivity index (χ2n) is 8.78. The molecule has 0 bridgehead atoms. The van der Waals surface area contributed by atoms with Crippen molar-refractivity contribution in [2.24, 2.45) is 5.92 Å². The average molecular weight is 416 g/mol. The Kier molecular flexibility index (Phi) is 6.58. The van der Waals surface area contributed by atoms with Gasteiger partial charge in [-0.15, -0.1) is 0 Å². The number of anilines is 1. The lowest BCUT2D eigenvalue weighted by atomic mass is 9.93. The molecule has 1 aromatic rings. The van der Waals surface area contributed by atoms with Gasteiger partial charge in [-0.25, -0.2) is 4.79 Å². The SMILES string of the molecule is Cc1ccc(NC(=O)N2CCCC(CCC(=O)N3CCC4(CC3)OCCO4)C2)cc1. The number of rotatable bonds is 4. The molecular weight excluding hydrogens is 382 g/mol. The maximum absolute atomic E-state index is 12.7. The molecule has 3 aliphatic heterocycles. The lowest BCUT2D eigenvalue weighted by molar-refractivity contribution is -0.187. The number of nitrogens with one attached hydrogen (secondary N) is 1. The van der Waals surface area contributed by atoms with Crippen LogP contribution in [0.15, 0.2) is 24.3 Å². The summed E-state index contributed by atoms with van der Waals surface area (Å²) in [7, 11) is 0. The molecule has 3 aliphatic rings. The summed E-state index contributed by atoms with van der Waals surface area (Å²) >= 11 is 0. The summed E-state index contributed by atoms with van der Waals surface area (Å²) in [5.74, 6) is 0.152. The van der Waals surface area contributed by atoms with E-state index in [-0.39, 0.29) is 11.9 Å². The van der Waals surface area contributed by atoms with Crippen LogP contribution >= 0.6 is 0 Å². The van der Waals surface area contributed by atoms with E-state index in [0.717, 1.165) is 50.9 Å². The van der Waals surface area contributed by atoms with Crippen molar-refractivity contribution in [2.45, 2.75) is 51.2 Å². The van der Waals surface area contributed by atoms with Crippen molar-refractivity contribution >= 4 is 17.6 Å². The van der Waals surface area contributed by atoms with Crippen LogP contribution < -0.4 is 5.32 Å². The summed E-state index contributed by atoms with van der Waals surface area (Å²) in [5.41, 5.74) is 1.99. The molecule has 3 saturated heterocycles. The Labute approximate surface area is 178 Å². The number of likely N-dealkylation sites (tertiary alicyclic amines) is 2. The summed E-state index contributed by atoms with van der Waals surface area (Å²) in [6.45, 7) is 6.24. The normalized spacial score (nSPS) is 23.6. The number of amides is 3. The number of hydrogen-bond acceptors (Lipinski definition) is 4. The fourth-order valence-electron chi connectivity index (χ4n) is 4.69. The maximum atomic E-state index is 12.7. The number of benzene rings is 1. The topological polar surface area (TPSA) is 71.1 Å². The molecule has 4 rings (SSSR count). The smallest absolute Gasteiger partial charge is 0.321 e. The largest absolute Gasteiger partial charge is 0.347 e. The van der Waals surface area contributed by atoms with E-state index < -0.39 is 5.79 Å². The third-order valence-corrected chi connectivity index (χ3v) is 6.57. The predicted octanol–water partition coefficient (Wildman–Crippen LogP) is 3.38. The molecule has 0 aliphatic carbocycles. The summed E-state index contributed by atoms with van der Waals surface area (Å²) in [5, 5.41) is 2.99. The second kappa shape index (κ2) is 9.35. The van der Waals surface area contributed by atoms with Gasteiger partial charge in [-0.05, 0) is 44.2 Å². The molecule has 1 N–H and O–H groups in total. The second-order valence-corrected chi connectivity index (χ2v) is 8.78. The van der Waals surface area contributed by atoms with E-state index in [0.29, 0.717) is 38.6 Å². The van der Waals surface area contributed by atoms with Crippen LogP contribution in [-0.2, 0) is 14.3 Å². The van der Waals surface area contributed by atoms with Crippen LogP contribution in [0.5, 0.6) is 0 Å². The van der Waals surface area contributed by atoms with E-state index in [9.17, 15) is 9.59 Å². The fraction of sp³-hybridized carbons (Fsp3) is 0.652. The van der Waals surface area contributed by atoms with E-state index in [1.807, 2.05) is 41.0 Å². The highest BCUT2D eigenvalue weighted by Crippen LogP contribution is 2.32. The molecule has 30 heavy (non-hydrogen) atoms. The average Bonchev–Trinajstić information content (AvgIpc) is 3.22. The quantitative estimate of drug-likeness (QED) is 0.818. The molecule has 0 aromatic heterocycles. The lowest BCUT2D eigenvalue weighted by Gasteiger charge is -2.38. The number of hydrogen-bond donors (Lipinski definition) is 1. The molecule has 7 nitrogen and oxygen atoms in total. The number of carbonyl (C=O) groups is 2. The van der Waals surface area contributed by atoms with Gasteiger partial charge in [0.1, 0.15) is 0 Å². The number of ether oxygens (including phenoxy) is 2. The van der Waals surface area contributed by atoms with Gasteiger partial charge in [0.15, 0.2) is 5.79 Å². The van der Waals surface area contributed by atoms with Crippen molar-refractivity contribution in [3.05, 3.63) is 29.8 Å². The Morgan fingerprint density at radius 3 is 2.47 bits per heavy atom. The van der Waals surface area contributed by atoms with Crippen LogP contribution in [0.1, 0.15) is 44.1 Å². The first-order chi connectivity index (χ1) is 14.5. The molecule has 3 amide bonds. The lowest BCUT2D eigenvalue weighted by Crippen LogP contribution is -2.47. The van der Waals surface area contributed by atoms with Gasteiger partial charge in [-0.3, -0.25) is 4.79 Å². The van der Waals surface area contributed by atoms with Crippen molar-refractivity contribution < 1.29 is 19.1 Å². The van der Waals surface area contributed by atoms with Crippen molar-refractivity contribution in [1.29, 1.82) is 0 Å². The van der Waals surface area contributed by atoms with Gasteiger partial charge in [-0.1, -0.05) is 17.7 Å². The van der Waals surface area contributed by atoms with Crippen LogP contribution in [0.4, 0.5) is 10.5 Å². The fourth-order valence-corrected chi connectivity index (χ4v) is 4.69. The first-order valence-electron chi connectivity index (χ1n) is 11.2. The monoisotopic (exact) mass is 415 g/mol. The van der Waals surface area contributed by atoms with E-state index in [1.54, 1.807) is 0 Å². The maximum Gasteiger partial charge on any atom is 0.321 e. The highest BCUT2D eigenvalue weighted by Gasteiger charge is 2.40. The Hall–Kier alpha value is -2.12. The summed E-state index contributed by atoms with van der Waals surface area (Å²) < 4.78 is 11.5. The first-order valence-corrected chi connectivity index (χ1v) is 11.2. The Morgan fingerprint density at radius 2 is 1.77 bits per heavy atom. The van der Waals surface area contributed by atoms with Gasteiger partial charge in [0, 0.05) is 51.1 Å². The van der Waals surface area contributed by atoms with Crippen LogP contribution in [0.25, 0.3) is 0 Å². The molecule has 3 heterocycles. The third-order valence-electron chi connectivity index (χ3n) is 6.57. The summed E-state index contributed by atoms with van der Waals surface area (Å²) in [6.07, 6.45) is 4.96. The van der Waals surface area contributed by atoms with Gasteiger partial charge in [0.05, 0.1) is 13.2 Å². The Balaban J connectivity index is 1.20. The van der Waals surface area contributed by atoms with Gasteiger partial charge >= 0.3 is 6.03 Å². The zero-order chi connectivity index (χ0) is 21.0. The van der Waals surface area contributed by atoms with E-state index >= 15 is 0 Å². The molecule has 164 valence electrons. The van der Waals surface area contributed by atoms with Gasteiger partial charge < -0.3 is 24.6 Å². The number of urea groups is 1. The van der Waals surface area contributed by atoms with Crippen LogP contribution in [0, 0.1) is 12.8 Å². The summed E-state index contributed by atoms with van der Waals surface area (Å²) in [6, 6.07) is 7.80. The van der Waals surface area contributed by atoms with Crippen LogP contribution in [0.3, 0.4) is 0 Å². The minimum atomic E-state index is -0.439. The zero-order valence-electron chi connectivity index (χ0n) is 17.9. The van der Waals surface area contributed by atoms with E-state index in [2.05, 4.69) is 5.32 Å². The van der Waals surface area contributed by atoms with Crippen molar-refractivity contribution in [3.63, 3.8) is 0 Å². The molecule has 0 radical (unpaired) electrons. The highest BCUT2D eigenvalue weighted by atomic mass is 16.7. The third kappa shape index (κ3) is 5.13. The molecule has 3 fully saturated rings. The molecule has 1 aromatic carbocycles. The minimum Gasteiger partial charge on any atom is -0.347 e. The predicted molar refractivity (Wildman–Crippen MR) is 114 cm³/mol. The van der Waals surface area contributed by atoms with Gasteiger partial charge in [-0.2, -0.15) is 0 Å². The number of aryl methyl sites for hydroxylation is 1. The Bertz CT molecular complexity index is 735. The van der Waals surface area contributed by atoms with Gasteiger partial charge in [0.2, 0.25) is 5.91 Å². The van der Waals surface area contributed by atoms with Crippen molar-refractivity contribution in [1.82, 2.24) is 9.80 Å². The molecule has 1 spiro atoms. The van der Waals surface area contributed by atoms with Crippen LogP contribution in [-0.4, -0.2) is 66.9 Å². The van der Waals surface area contributed by atoms with E-state index in [4.69, 9.17) is 9.47 Å². The molecule has 1 atom stereocenters. The first kappa shape index (κ1) is 21.1. The molecule has 0 saturated carbocycles.